The third kappa shape index (κ3) is 4.17. The molecule has 0 unspecified atom stereocenters. The molecule has 0 bridgehead atoms. The summed E-state index contributed by atoms with van der Waals surface area (Å²) in [6.45, 7) is 7.99. The van der Waals surface area contributed by atoms with Gasteiger partial charge in [0.15, 0.2) is 0 Å². The van der Waals surface area contributed by atoms with Gasteiger partial charge in [-0.2, -0.15) is 0 Å². The van der Waals surface area contributed by atoms with Gasteiger partial charge in [-0.25, -0.2) is 0 Å². The highest BCUT2D eigenvalue weighted by atomic mass is 35.5. The number of hydrogen-bond acceptors (Lipinski definition) is 2. The van der Waals surface area contributed by atoms with Crippen LogP contribution in [-0.2, 0) is 4.79 Å². The Bertz CT molecular complexity index is 1130. The first kappa shape index (κ1) is 22.2. The van der Waals surface area contributed by atoms with E-state index in [0.717, 1.165) is 22.6 Å². The second-order valence-electron chi connectivity index (χ2n) is 8.45. The van der Waals surface area contributed by atoms with E-state index in [1.54, 1.807) is 0 Å². The molecule has 166 valence electrons. The van der Waals surface area contributed by atoms with Gasteiger partial charge in [0.25, 0.3) is 5.91 Å². The first-order valence-electron chi connectivity index (χ1n) is 11.0. The number of rotatable bonds is 4. The Morgan fingerprint density at radius 2 is 1.47 bits per heavy atom. The van der Waals surface area contributed by atoms with Crippen LogP contribution in [-0.4, -0.2) is 52.4 Å². The van der Waals surface area contributed by atoms with E-state index in [2.05, 4.69) is 4.57 Å². The lowest BCUT2D eigenvalue weighted by molar-refractivity contribution is -0.135. The maximum atomic E-state index is 13.5. The highest BCUT2D eigenvalue weighted by Gasteiger charge is 2.29. The minimum Gasteiger partial charge on any atom is -0.339 e. The van der Waals surface area contributed by atoms with Crippen molar-refractivity contribution in [1.82, 2.24) is 14.4 Å². The normalized spacial score (nSPS) is 14.2. The number of carbonyl (C=O) groups is 2. The van der Waals surface area contributed by atoms with Crippen molar-refractivity contribution in [2.45, 2.75) is 20.8 Å². The zero-order chi connectivity index (χ0) is 22.8. The van der Waals surface area contributed by atoms with E-state index < -0.39 is 0 Å². The molecule has 6 heteroatoms. The first-order chi connectivity index (χ1) is 15.4. The quantitative estimate of drug-likeness (QED) is 0.559. The van der Waals surface area contributed by atoms with Gasteiger partial charge in [0.2, 0.25) is 5.91 Å². The summed E-state index contributed by atoms with van der Waals surface area (Å²) in [5.41, 5.74) is 4.29. The standard InChI is InChI=1S/C26H28ClN3O2/c1-18(2)25(31)28-13-15-29(16-14-28)26(32)21-17-24(20-9-5-4-6-10-20)30(19(21)3)23-12-8-7-11-22(23)27/h4-12,17-18H,13-16H2,1-3H3. The number of carbonyl (C=O) groups excluding carboxylic acids is 2. The molecular formula is C26H28ClN3O2. The molecule has 1 aliphatic rings. The van der Waals surface area contributed by atoms with Crippen LogP contribution in [0, 0.1) is 12.8 Å². The fraction of sp³-hybridized carbons (Fsp3) is 0.308. The fourth-order valence-corrected chi connectivity index (χ4v) is 4.47. The summed E-state index contributed by atoms with van der Waals surface area (Å²) < 4.78 is 2.06. The second kappa shape index (κ2) is 9.21. The summed E-state index contributed by atoms with van der Waals surface area (Å²) >= 11 is 6.55. The number of benzene rings is 2. The van der Waals surface area contributed by atoms with Crippen LogP contribution in [0.1, 0.15) is 29.9 Å². The van der Waals surface area contributed by atoms with Crippen molar-refractivity contribution in [1.29, 1.82) is 0 Å². The second-order valence-corrected chi connectivity index (χ2v) is 8.86. The lowest BCUT2D eigenvalue weighted by atomic mass is 10.1. The van der Waals surface area contributed by atoms with Gasteiger partial charge in [-0.05, 0) is 30.7 Å². The lowest BCUT2D eigenvalue weighted by Gasteiger charge is -2.35. The topological polar surface area (TPSA) is 45.6 Å². The molecule has 0 radical (unpaired) electrons. The largest absolute Gasteiger partial charge is 0.339 e. The zero-order valence-electron chi connectivity index (χ0n) is 18.7. The predicted molar refractivity (Wildman–Crippen MR) is 128 cm³/mol. The zero-order valence-corrected chi connectivity index (χ0v) is 19.5. The van der Waals surface area contributed by atoms with E-state index in [1.165, 1.54) is 0 Å². The van der Waals surface area contributed by atoms with Crippen LogP contribution in [0.3, 0.4) is 0 Å². The van der Waals surface area contributed by atoms with E-state index in [0.29, 0.717) is 36.8 Å². The number of piperazine rings is 1. The van der Waals surface area contributed by atoms with Gasteiger partial charge in [0.1, 0.15) is 0 Å². The van der Waals surface area contributed by atoms with Crippen LogP contribution in [0.25, 0.3) is 16.9 Å². The molecule has 0 spiro atoms. The number of para-hydroxylation sites is 1. The Morgan fingerprint density at radius 1 is 0.875 bits per heavy atom. The number of hydrogen-bond donors (Lipinski definition) is 0. The molecule has 0 N–H and O–H groups in total. The number of halogens is 1. The average molecular weight is 450 g/mol. The summed E-state index contributed by atoms with van der Waals surface area (Å²) in [7, 11) is 0. The van der Waals surface area contributed by atoms with Crippen molar-refractivity contribution < 1.29 is 9.59 Å². The molecule has 0 atom stereocenters. The summed E-state index contributed by atoms with van der Waals surface area (Å²) in [5.74, 6) is 0.101. The molecule has 5 nitrogen and oxygen atoms in total. The van der Waals surface area contributed by atoms with Crippen LogP contribution >= 0.6 is 11.6 Å². The van der Waals surface area contributed by atoms with E-state index in [-0.39, 0.29) is 17.7 Å². The molecule has 1 aromatic heterocycles. The van der Waals surface area contributed by atoms with Crippen molar-refractivity contribution in [3.8, 4) is 16.9 Å². The Hall–Kier alpha value is -3.05. The highest BCUT2D eigenvalue weighted by Crippen LogP contribution is 2.33. The summed E-state index contributed by atoms with van der Waals surface area (Å²) in [6, 6.07) is 19.6. The summed E-state index contributed by atoms with van der Waals surface area (Å²) in [5, 5.41) is 0.628. The van der Waals surface area contributed by atoms with Crippen molar-refractivity contribution in [3.63, 3.8) is 0 Å². The maximum absolute atomic E-state index is 13.5. The van der Waals surface area contributed by atoms with E-state index in [1.807, 2.05) is 91.2 Å². The molecule has 0 aliphatic carbocycles. The third-order valence-corrected chi connectivity index (χ3v) is 6.33. The van der Waals surface area contributed by atoms with Crippen LogP contribution in [0.2, 0.25) is 5.02 Å². The SMILES string of the molecule is Cc1c(C(=O)N2CCN(C(=O)C(C)C)CC2)cc(-c2ccccc2)n1-c1ccccc1Cl. The molecule has 2 heterocycles. The average Bonchev–Trinajstić information content (AvgIpc) is 3.16. The molecule has 1 aliphatic heterocycles. The molecule has 4 rings (SSSR count). The van der Waals surface area contributed by atoms with Gasteiger partial charge < -0.3 is 14.4 Å². The molecule has 1 fully saturated rings. The number of nitrogens with zero attached hydrogens (tertiary/aromatic N) is 3. The monoisotopic (exact) mass is 449 g/mol. The maximum Gasteiger partial charge on any atom is 0.255 e. The Kier molecular flexibility index (Phi) is 6.38. The first-order valence-corrected chi connectivity index (χ1v) is 11.4. The van der Waals surface area contributed by atoms with Gasteiger partial charge in [-0.3, -0.25) is 9.59 Å². The predicted octanol–water partition coefficient (Wildman–Crippen LogP) is 5.05. The van der Waals surface area contributed by atoms with Gasteiger partial charge in [0.05, 0.1) is 22.0 Å². The van der Waals surface area contributed by atoms with Crippen molar-refractivity contribution in [2.24, 2.45) is 5.92 Å². The molecule has 32 heavy (non-hydrogen) atoms. The lowest BCUT2D eigenvalue weighted by Crippen LogP contribution is -2.51. The van der Waals surface area contributed by atoms with Gasteiger partial charge >= 0.3 is 0 Å². The molecular weight excluding hydrogens is 422 g/mol. The number of amides is 2. The van der Waals surface area contributed by atoms with Crippen LogP contribution in [0.5, 0.6) is 0 Å². The van der Waals surface area contributed by atoms with Gasteiger partial charge in [-0.1, -0.05) is 67.9 Å². The smallest absolute Gasteiger partial charge is 0.255 e. The fourth-order valence-electron chi connectivity index (χ4n) is 4.25. The highest BCUT2D eigenvalue weighted by molar-refractivity contribution is 6.32. The Morgan fingerprint density at radius 3 is 2.09 bits per heavy atom. The molecule has 2 amide bonds. The molecule has 2 aromatic carbocycles. The van der Waals surface area contributed by atoms with E-state index in [4.69, 9.17) is 11.6 Å². The Labute approximate surface area is 194 Å². The van der Waals surface area contributed by atoms with Gasteiger partial charge in [-0.15, -0.1) is 0 Å². The summed E-state index contributed by atoms with van der Waals surface area (Å²) in [6.07, 6.45) is 0. The van der Waals surface area contributed by atoms with Crippen molar-refractivity contribution >= 4 is 23.4 Å². The molecule has 3 aromatic rings. The van der Waals surface area contributed by atoms with Crippen molar-refractivity contribution in [2.75, 3.05) is 26.2 Å². The molecule has 1 saturated heterocycles. The van der Waals surface area contributed by atoms with Crippen LogP contribution < -0.4 is 0 Å². The third-order valence-electron chi connectivity index (χ3n) is 6.01. The van der Waals surface area contributed by atoms with Crippen LogP contribution in [0.15, 0.2) is 60.7 Å². The Balaban J connectivity index is 1.69. The minimum atomic E-state index is -0.0300. The van der Waals surface area contributed by atoms with Crippen molar-refractivity contribution in [3.05, 3.63) is 76.9 Å². The van der Waals surface area contributed by atoms with E-state index >= 15 is 0 Å². The van der Waals surface area contributed by atoms with Gasteiger partial charge in [0, 0.05) is 37.8 Å². The molecule has 0 saturated carbocycles. The van der Waals surface area contributed by atoms with E-state index in [9.17, 15) is 9.59 Å². The number of aromatic nitrogens is 1. The summed E-state index contributed by atoms with van der Waals surface area (Å²) in [4.78, 5) is 29.5. The van der Waals surface area contributed by atoms with Crippen LogP contribution in [0.4, 0.5) is 0 Å². The minimum absolute atomic E-state index is 0.0119.